The van der Waals surface area contributed by atoms with E-state index in [-0.39, 0.29) is 10.0 Å². The molecule has 0 saturated carbocycles. The molecule has 1 aliphatic rings. The highest BCUT2D eigenvalue weighted by molar-refractivity contribution is 8.32. The van der Waals surface area contributed by atoms with Gasteiger partial charge < -0.3 is 0 Å². The van der Waals surface area contributed by atoms with Gasteiger partial charge in [-0.2, -0.15) is 0 Å². The van der Waals surface area contributed by atoms with E-state index in [4.69, 9.17) is 0 Å². The molecule has 0 aliphatic carbocycles. The molecule has 1 aliphatic heterocycles. The zero-order valence-electron chi connectivity index (χ0n) is 6.81. The summed E-state index contributed by atoms with van der Waals surface area (Å²) < 4.78 is 0. The highest BCUT2D eigenvalue weighted by atomic mass is 32.3. The van der Waals surface area contributed by atoms with E-state index < -0.39 is 0 Å². The molecule has 1 fully saturated rings. The topological polar surface area (TPSA) is 0 Å². The molecular formula is C8H18S. The maximum atomic E-state index is 2.47. The molecule has 0 N–H and O–H groups in total. The van der Waals surface area contributed by atoms with Crippen molar-refractivity contribution in [3.8, 4) is 0 Å². The van der Waals surface area contributed by atoms with Crippen LogP contribution in [0.5, 0.6) is 0 Å². The Morgan fingerprint density at radius 1 is 1.11 bits per heavy atom. The van der Waals surface area contributed by atoms with Crippen molar-refractivity contribution >= 4 is 10.0 Å². The van der Waals surface area contributed by atoms with Gasteiger partial charge >= 0.3 is 0 Å². The van der Waals surface area contributed by atoms with Crippen LogP contribution < -0.4 is 0 Å². The van der Waals surface area contributed by atoms with E-state index in [2.05, 4.69) is 19.4 Å². The van der Waals surface area contributed by atoms with Gasteiger partial charge in [-0.25, -0.2) is 10.0 Å². The minimum Gasteiger partial charge on any atom is -0.247 e. The lowest BCUT2D eigenvalue weighted by Gasteiger charge is -2.37. The van der Waals surface area contributed by atoms with E-state index in [9.17, 15) is 0 Å². The molecule has 0 nitrogen and oxygen atoms in total. The quantitative estimate of drug-likeness (QED) is 0.492. The predicted molar refractivity (Wildman–Crippen MR) is 47.6 cm³/mol. The average molecular weight is 146 g/mol. The van der Waals surface area contributed by atoms with Crippen molar-refractivity contribution < 1.29 is 0 Å². The smallest absolute Gasteiger partial charge is 0.0230 e. The summed E-state index contributed by atoms with van der Waals surface area (Å²) in [6.45, 7) is 2.38. The van der Waals surface area contributed by atoms with Crippen LogP contribution in [0.15, 0.2) is 0 Å². The largest absolute Gasteiger partial charge is 0.247 e. The van der Waals surface area contributed by atoms with Crippen LogP contribution in [0.4, 0.5) is 0 Å². The summed E-state index contributed by atoms with van der Waals surface area (Å²) in [5.74, 6) is 4.06. The minimum atomic E-state index is -0.116. The van der Waals surface area contributed by atoms with Gasteiger partial charge in [0.15, 0.2) is 0 Å². The SMILES string of the molecule is CC1CCS(C)(C)CC1. The van der Waals surface area contributed by atoms with Gasteiger partial charge in [0.25, 0.3) is 0 Å². The van der Waals surface area contributed by atoms with Crippen LogP contribution in [0, 0.1) is 5.92 Å². The van der Waals surface area contributed by atoms with Gasteiger partial charge in [0, 0.05) is 0 Å². The Morgan fingerprint density at radius 3 is 1.89 bits per heavy atom. The van der Waals surface area contributed by atoms with Crippen molar-refractivity contribution in [2.45, 2.75) is 19.8 Å². The van der Waals surface area contributed by atoms with E-state index >= 15 is 0 Å². The predicted octanol–water partition coefficient (Wildman–Crippen LogP) is 2.48. The summed E-state index contributed by atoms with van der Waals surface area (Å²) in [7, 11) is -0.116. The van der Waals surface area contributed by atoms with Gasteiger partial charge in [-0.05, 0) is 42.8 Å². The first-order valence-electron chi connectivity index (χ1n) is 3.79. The molecule has 56 valence electrons. The third kappa shape index (κ3) is 2.21. The van der Waals surface area contributed by atoms with Crippen LogP contribution in [0.1, 0.15) is 19.8 Å². The van der Waals surface area contributed by atoms with E-state index in [1.807, 2.05) is 0 Å². The van der Waals surface area contributed by atoms with Gasteiger partial charge in [-0.1, -0.05) is 6.92 Å². The van der Waals surface area contributed by atoms with Crippen molar-refractivity contribution in [1.29, 1.82) is 0 Å². The monoisotopic (exact) mass is 146 g/mol. The fourth-order valence-electron chi connectivity index (χ4n) is 1.29. The summed E-state index contributed by atoms with van der Waals surface area (Å²) in [5.41, 5.74) is 0. The fourth-order valence-corrected chi connectivity index (χ4v) is 3.57. The molecule has 1 rings (SSSR count). The van der Waals surface area contributed by atoms with Crippen LogP contribution in [0.25, 0.3) is 0 Å². The molecule has 1 heteroatoms. The van der Waals surface area contributed by atoms with E-state index in [1.165, 1.54) is 24.3 Å². The van der Waals surface area contributed by atoms with Crippen molar-refractivity contribution in [2.75, 3.05) is 24.0 Å². The third-order valence-electron chi connectivity index (χ3n) is 2.33. The van der Waals surface area contributed by atoms with Gasteiger partial charge in [-0.3, -0.25) is 0 Å². The van der Waals surface area contributed by atoms with Crippen molar-refractivity contribution in [1.82, 2.24) is 0 Å². The van der Waals surface area contributed by atoms with Gasteiger partial charge in [0.05, 0.1) is 0 Å². The molecule has 0 aromatic rings. The van der Waals surface area contributed by atoms with E-state index in [1.54, 1.807) is 0 Å². The summed E-state index contributed by atoms with van der Waals surface area (Å²) in [6, 6.07) is 0. The summed E-state index contributed by atoms with van der Waals surface area (Å²) in [6.07, 6.45) is 7.92. The lowest BCUT2D eigenvalue weighted by molar-refractivity contribution is 0.536. The first-order valence-corrected chi connectivity index (χ1v) is 6.58. The molecule has 0 radical (unpaired) electrons. The lowest BCUT2D eigenvalue weighted by atomic mass is 10.1. The third-order valence-corrected chi connectivity index (χ3v) is 5.01. The summed E-state index contributed by atoms with van der Waals surface area (Å²) in [4.78, 5) is 0. The first kappa shape index (κ1) is 7.46. The number of rotatable bonds is 0. The Labute approximate surface area is 60.3 Å². The number of hydrogen-bond acceptors (Lipinski definition) is 0. The van der Waals surface area contributed by atoms with Crippen LogP contribution in [-0.4, -0.2) is 24.0 Å². The maximum Gasteiger partial charge on any atom is -0.0230 e. The summed E-state index contributed by atoms with van der Waals surface area (Å²) in [5, 5.41) is 0. The van der Waals surface area contributed by atoms with Gasteiger partial charge in [0.2, 0.25) is 0 Å². The maximum absolute atomic E-state index is 2.47. The zero-order valence-corrected chi connectivity index (χ0v) is 7.63. The molecular weight excluding hydrogens is 128 g/mol. The Kier molecular flexibility index (Phi) is 2.10. The molecule has 0 atom stereocenters. The van der Waals surface area contributed by atoms with Crippen LogP contribution in [0.2, 0.25) is 0 Å². The normalized spacial score (nSPS) is 31.9. The molecule has 1 heterocycles. The molecule has 9 heavy (non-hydrogen) atoms. The highest BCUT2D eigenvalue weighted by Gasteiger charge is 2.19. The Balaban J connectivity index is 2.35. The van der Waals surface area contributed by atoms with Crippen LogP contribution in [0.3, 0.4) is 0 Å². The Bertz CT molecular complexity index is 86.7. The molecule has 0 bridgehead atoms. The highest BCUT2D eigenvalue weighted by Crippen LogP contribution is 2.46. The van der Waals surface area contributed by atoms with Crippen molar-refractivity contribution in [3.63, 3.8) is 0 Å². The van der Waals surface area contributed by atoms with Crippen molar-refractivity contribution in [3.05, 3.63) is 0 Å². The average Bonchev–Trinajstić information content (AvgIpc) is 1.78. The molecule has 0 spiro atoms. The second kappa shape index (κ2) is 2.53. The standard InChI is InChI=1S/C8H18S/c1-8-4-6-9(2,3)7-5-8/h8H,4-7H2,1-3H3. The van der Waals surface area contributed by atoms with E-state index in [0.29, 0.717) is 0 Å². The Hall–Kier alpha value is 0.350. The second-order valence-corrected chi connectivity index (χ2v) is 8.21. The molecule has 0 aromatic carbocycles. The van der Waals surface area contributed by atoms with Crippen molar-refractivity contribution in [2.24, 2.45) is 5.92 Å². The zero-order chi connectivity index (χ0) is 6.91. The van der Waals surface area contributed by atoms with Gasteiger partial charge in [0.1, 0.15) is 0 Å². The minimum absolute atomic E-state index is 0.116. The van der Waals surface area contributed by atoms with Crippen LogP contribution in [-0.2, 0) is 0 Å². The van der Waals surface area contributed by atoms with Gasteiger partial charge in [-0.15, -0.1) is 0 Å². The Morgan fingerprint density at radius 2 is 1.56 bits per heavy atom. The summed E-state index contributed by atoms with van der Waals surface area (Å²) >= 11 is 0. The van der Waals surface area contributed by atoms with E-state index in [0.717, 1.165) is 5.92 Å². The molecule has 0 amide bonds. The van der Waals surface area contributed by atoms with Crippen LogP contribution >= 0.6 is 10.0 Å². The second-order valence-electron chi connectivity index (χ2n) is 3.86. The molecule has 0 aromatic heterocycles. The fraction of sp³-hybridized carbons (Fsp3) is 1.00. The lowest BCUT2D eigenvalue weighted by Crippen LogP contribution is -2.17. The molecule has 0 unspecified atom stereocenters. The number of hydrogen-bond donors (Lipinski definition) is 0. The molecule has 1 saturated heterocycles. The first-order chi connectivity index (χ1) is 4.10.